The Morgan fingerprint density at radius 2 is 1.65 bits per heavy atom. The highest BCUT2D eigenvalue weighted by Crippen LogP contribution is 2.17. The van der Waals surface area contributed by atoms with E-state index in [0.717, 1.165) is 24.6 Å². The van der Waals surface area contributed by atoms with Crippen LogP contribution in [-0.2, 0) is 13.0 Å². The van der Waals surface area contributed by atoms with E-state index >= 15 is 0 Å². The summed E-state index contributed by atoms with van der Waals surface area (Å²) in [5.74, 6) is 0. The van der Waals surface area contributed by atoms with Gasteiger partial charge in [-0.15, -0.1) is 0 Å². The minimum absolute atomic E-state index is 0.139. The SMILES string of the molecule is OCc1ccc(CCNC2CCCCC2)cc1. The number of hydrogen-bond donors (Lipinski definition) is 2. The van der Waals surface area contributed by atoms with Gasteiger partial charge in [0.1, 0.15) is 0 Å². The van der Waals surface area contributed by atoms with Crippen LogP contribution in [0.2, 0.25) is 0 Å². The molecule has 2 nitrogen and oxygen atoms in total. The van der Waals surface area contributed by atoms with Crippen LogP contribution < -0.4 is 5.32 Å². The minimum atomic E-state index is 0.139. The van der Waals surface area contributed by atoms with Gasteiger partial charge in [0.15, 0.2) is 0 Å². The molecule has 2 N–H and O–H groups in total. The number of rotatable bonds is 5. The summed E-state index contributed by atoms with van der Waals surface area (Å²) < 4.78 is 0. The summed E-state index contributed by atoms with van der Waals surface area (Å²) in [6.07, 6.45) is 7.99. The molecule has 0 unspecified atom stereocenters. The van der Waals surface area contributed by atoms with Crippen LogP contribution in [0.25, 0.3) is 0 Å². The van der Waals surface area contributed by atoms with Crippen LogP contribution in [-0.4, -0.2) is 17.7 Å². The fourth-order valence-electron chi connectivity index (χ4n) is 2.54. The van der Waals surface area contributed by atoms with Gasteiger partial charge >= 0.3 is 0 Å². The summed E-state index contributed by atoms with van der Waals surface area (Å²) >= 11 is 0. The Kier molecular flexibility index (Phi) is 5.02. The maximum Gasteiger partial charge on any atom is 0.0681 e. The van der Waals surface area contributed by atoms with Crippen LogP contribution in [0.1, 0.15) is 43.2 Å². The number of benzene rings is 1. The highest BCUT2D eigenvalue weighted by atomic mass is 16.3. The molecule has 17 heavy (non-hydrogen) atoms. The molecule has 0 spiro atoms. The van der Waals surface area contributed by atoms with Crippen molar-refractivity contribution in [3.63, 3.8) is 0 Å². The average molecular weight is 233 g/mol. The molecule has 0 amide bonds. The maximum atomic E-state index is 8.96. The molecule has 1 aromatic rings. The van der Waals surface area contributed by atoms with Crippen LogP contribution in [0.4, 0.5) is 0 Å². The molecule has 1 aliphatic carbocycles. The van der Waals surface area contributed by atoms with Crippen molar-refractivity contribution in [3.05, 3.63) is 35.4 Å². The standard InChI is InChI=1S/C15H23NO/c17-12-14-8-6-13(7-9-14)10-11-16-15-4-2-1-3-5-15/h6-9,15-17H,1-5,10-12H2. The summed E-state index contributed by atoms with van der Waals surface area (Å²) in [4.78, 5) is 0. The zero-order chi connectivity index (χ0) is 11.9. The zero-order valence-electron chi connectivity index (χ0n) is 10.5. The Morgan fingerprint density at radius 1 is 1.00 bits per heavy atom. The Morgan fingerprint density at radius 3 is 2.29 bits per heavy atom. The topological polar surface area (TPSA) is 32.3 Å². The van der Waals surface area contributed by atoms with Gasteiger partial charge in [-0.05, 0) is 36.9 Å². The van der Waals surface area contributed by atoms with Gasteiger partial charge in [-0.25, -0.2) is 0 Å². The lowest BCUT2D eigenvalue weighted by molar-refractivity contribution is 0.282. The van der Waals surface area contributed by atoms with E-state index in [-0.39, 0.29) is 6.61 Å². The van der Waals surface area contributed by atoms with Gasteiger partial charge in [0.25, 0.3) is 0 Å². The van der Waals surface area contributed by atoms with Crippen molar-refractivity contribution in [1.29, 1.82) is 0 Å². The van der Waals surface area contributed by atoms with E-state index in [2.05, 4.69) is 17.4 Å². The van der Waals surface area contributed by atoms with Gasteiger partial charge < -0.3 is 10.4 Å². The van der Waals surface area contributed by atoms with Crippen LogP contribution in [0, 0.1) is 0 Å². The molecule has 1 aliphatic rings. The molecule has 0 radical (unpaired) electrons. The predicted octanol–water partition coefficient (Wildman–Crippen LogP) is 2.64. The first-order valence-electron chi connectivity index (χ1n) is 6.80. The quantitative estimate of drug-likeness (QED) is 0.819. The smallest absolute Gasteiger partial charge is 0.0681 e. The van der Waals surface area contributed by atoms with E-state index in [1.807, 2.05) is 12.1 Å². The van der Waals surface area contributed by atoms with Crippen LogP contribution in [0.3, 0.4) is 0 Å². The predicted molar refractivity (Wildman–Crippen MR) is 70.9 cm³/mol. The van der Waals surface area contributed by atoms with Gasteiger partial charge in [0.2, 0.25) is 0 Å². The first-order chi connectivity index (χ1) is 8.38. The Bertz CT molecular complexity index is 314. The molecule has 0 aliphatic heterocycles. The highest BCUT2D eigenvalue weighted by Gasteiger charge is 2.11. The lowest BCUT2D eigenvalue weighted by Crippen LogP contribution is -2.32. The van der Waals surface area contributed by atoms with Crippen molar-refractivity contribution in [2.24, 2.45) is 0 Å². The molecule has 1 saturated carbocycles. The van der Waals surface area contributed by atoms with E-state index in [0.29, 0.717) is 0 Å². The second kappa shape index (κ2) is 6.77. The molecule has 2 rings (SSSR count). The molecule has 94 valence electrons. The van der Waals surface area contributed by atoms with Gasteiger partial charge in [-0.2, -0.15) is 0 Å². The molecule has 0 atom stereocenters. The highest BCUT2D eigenvalue weighted by molar-refractivity contribution is 5.22. The Labute approximate surface area is 104 Å². The summed E-state index contributed by atoms with van der Waals surface area (Å²) in [5, 5.41) is 12.6. The number of aliphatic hydroxyl groups is 1. The monoisotopic (exact) mass is 233 g/mol. The minimum Gasteiger partial charge on any atom is -0.392 e. The Hall–Kier alpha value is -0.860. The fraction of sp³-hybridized carbons (Fsp3) is 0.600. The third-order valence-corrected chi connectivity index (χ3v) is 3.66. The summed E-state index contributed by atoms with van der Waals surface area (Å²) in [6, 6.07) is 9.01. The van der Waals surface area contributed by atoms with Crippen molar-refractivity contribution in [3.8, 4) is 0 Å². The average Bonchev–Trinajstić information content (AvgIpc) is 2.41. The second-order valence-corrected chi connectivity index (χ2v) is 5.01. The molecule has 0 saturated heterocycles. The summed E-state index contributed by atoms with van der Waals surface area (Å²) in [6.45, 7) is 1.21. The molecule has 2 heteroatoms. The van der Waals surface area contributed by atoms with Crippen LogP contribution in [0.15, 0.2) is 24.3 Å². The van der Waals surface area contributed by atoms with Crippen molar-refractivity contribution in [2.45, 2.75) is 51.2 Å². The molecular formula is C15H23NO. The second-order valence-electron chi connectivity index (χ2n) is 5.01. The van der Waals surface area contributed by atoms with Crippen molar-refractivity contribution in [2.75, 3.05) is 6.54 Å². The summed E-state index contributed by atoms with van der Waals surface area (Å²) in [7, 11) is 0. The molecule has 1 aromatic carbocycles. The van der Waals surface area contributed by atoms with Gasteiger partial charge in [-0.1, -0.05) is 43.5 Å². The molecule has 1 fully saturated rings. The van der Waals surface area contributed by atoms with Gasteiger partial charge in [0, 0.05) is 6.04 Å². The fourth-order valence-corrected chi connectivity index (χ4v) is 2.54. The first-order valence-corrected chi connectivity index (χ1v) is 6.80. The van der Waals surface area contributed by atoms with Crippen molar-refractivity contribution < 1.29 is 5.11 Å². The van der Waals surface area contributed by atoms with Gasteiger partial charge in [0.05, 0.1) is 6.61 Å². The number of hydrogen-bond acceptors (Lipinski definition) is 2. The van der Waals surface area contributed by atoms with E-state index in [9.17, 15) is 0 Å². The van der Waals surface area contributed by atoms with Gasteiger partial charge in [-0.3, -0.25) is 0 Å². The third-order valence-electron chi connectivity index (χ3n) is 3.66. The molecule has 0 bridgehead atoms. The number of aliphatic hydroxyl groups excluding tert-OH is 1. The van der Waals surface area contributed by atoms with Crippen molar-refractivity contribution in [1.82, 2.24) is 5.32 Å². The molecule has 0 aromatic heterocycles. The van der Waals surface area contributed by atoms with Crippen LogP contribution in [0.5, 0.6) is 0 Å². The first kappa shape index (κ1) is 12.6. The Balaban J connectivity index is 1.69. The normalized spacial score (nSPS) is 17.2. The van der Waals surface area contributed by atoms with Crippen molar-refractivity contribution >= 4 is 0 Å². The van der Waals surface area contributed by atoms with E-state index < -0.39 is 0 Å². The zero-order valence-corrected chi connectivity index (χ0v) is 10.5. The number of nitrogens with one attached hydrogen (secondary N) is 1. The van der Waals surface area contributed by atoms with Crippen LogP contribution >= 0.6 is 0 Å². The lowest BCUT2D eigenvalue weighted by Gasteiger charge is -2.22. The summed E-state index contributed by atoms with van der Waals surface area (Å²) in [5.41, 5.74) is 2.35. The molecular weight excluding hydrogens is 210 g/mol. The lowest BCUT2D eigenvalue weighted by atomic mass is 9.95. The largest absolute Gasteiger partial charge is 0.392 e. The third kappa shape index (κ3) is 4.14. The van der Waals surface area contributed by atoms with E-state index in [1.54, 1.807) is 0 Å². The maximum absolute atomic E-state index is 8.96. The van der Waals surface area contributed by atoms with E-state index in [4.69, 9.17) is 5.11 Å². The van der Waals surface area contributed by atoms with E-state index in [1.165, 1.54) is 37.7 Å². The molecule has 0 heterocycles.